The van der Waals surface area contributed by atoms with Gasteiger partial charge in [-0.2, -0.15) is 0 Å². The molecule has 0 fully saturated rings. The summed E-state index contributed by atoms with van der Waals surface area (Å²) < 4.78 is 5.09. The lowest BCUT2D eigenvalue weighted by Crippen LogP contribution is -2.49. The van der Waals surface area contributed by atoms with Gasteiger partial charge in [-0.15, -0.1) is 0 Å². The van der Waals surface area contributed by atoms with Crippen molar-refractivity contribution in [3.8, 4) is 5.75 Å². The quantitative estimate of drug-likeness (QED) is 0.581. The summed E-state index contributed by atoms with van der Waals surface area (Å²) >= 11 is 0. The number of benzene rings is 1. The number of nitrogens with two attached hydrogens (primary N) is 3. The van der Waals surface area contributed by atoms with E-state index in [2.05, 4.69) is 0 Å². The van der Waals surface area contributed by atoms with Crippen LogP contribution in [0.25, 0.3) is 0 Å². The van der Waals surface area contributed by atoms with Crippen molar-refractivity contribution in [2.75, 3.05) is 7.11 Å². The van der Waals surface area contributed by atoms with E-state index in [0.29, 0.717) is 6.42 Å². The van der Waals surface area contributed by atoms with Crippen molar-refractivity contribution in [3.63, 3.8) is 0 Å². The van der Waals surface area contributed by atoms with Crippen LogP contribution in [0, 0.1) is 0 Å². The zero-order valence-corrected chi connectivity index (χ0v) is 8.31. The molecule has 1 atom stereocenters. The molecule has 1 unspecified atom stereocenters. The summed E-state index contributed by atoms with van der Waals surface area (Å²) in [5.41, 5.74) is 17.8. The van der Waals surface area contributed by atoms with Crippen LogP contribution in [-0.2, 0) is 6.42 Å². The zero-order chi connectivity index (χ0) is 10.6. The highest BCUT2D eigenvalue weighted by molar-refractivity contribution is 5.29. The fourth-order valence-electron chi connectivity index (χ4n) is 1.21. The fourth-order valence-corrected chi connectivity index (χ4v) is 1.21. The molecule has 0 aliphatic carbocycles. The maximum atomic E-state index is 5.75. The number of rotatable bonds is 4. The van der Waals surface area contributed by atoms with E-state index in [-0.39, 0.29) is 6.04 Å². The van der Waals surface area contributed by atoms with Crippen LogP contribution in [0.5, 0.6) is 5.75 Å². The Morgan fingerprint density at radius 1 is 1.29 bits per heavy atom. The molecule has 0 aliphatic rings. The molecular weight excluding hydrogens is 178 g/mol. The van der Waals surface area contributed by atoms with Gasteiger partial charge in [0.1, 0.15) is 5.75 Å². The summed E-state index contributed by atoms with van der Waals surface area (Å²) in [7, 11) is 1.63. The topological polar surface area (TPSA) is 87.3 Å². The molecule has 0 spiro atoms. The van der Waals surface area contributed by atoms with Gasteiger partial charge in [0.2, 0.25) is 0 Å². The molecule has 0 saturated heterocycles. The van der Waals surface area contributed by atoms with Crippen molar-refractivity contribution in [2.45, 2.75) is 18.6 Å². The van der Waals surface area contributed by atoms with E-state index in [9.17, 15) is 0 Å². The van der Waals surface area contributed by atoms with Crippen LogP contribution >= 0.6 is 0 Å². The van der Waals surface area contributed by atoms with Crippen LogP contribution in [0.4, 0.5) is 0 Å². The van der Waals surface area contributed by atoms with Gasteiger partial charge in [-0.05, 0) is 24.1 Å². The molecule has 1 rings (SSSR count). The molecule has 0 saturated carbocycles. The third-order valence-corrected chi connectivity index (χ3v) is 2.10. The molecule has 4 heteroatoms. The minimum Gasteiger partial charge on any atom is -0.497 e. The van der Waals surface area contributed by atoms with Gasteiger partial charge >= 0.3 is 0 Å². The maximum absolute atomic E-state index is 5.75. The van der Waals surface area contributed by atoms with Gasteiger partial charge in [0.25, 0.3) is 0 Å². The van der Waals surface area contributed by atoms with Crippen molar-refractivity contribution in [1.82, 2.24) is 0 Å². The average molecular weight is 195 g/mol. The number of methoxy groups -OCH3 is 1. The highest BCUT2D eigenvalue weighted by atomic mass is 16.5. The van der Waals surface area contributed by atoms with Crippen molar-refractivity contribution in [1.29, 1.82) is 0 Å². The Labute approximate surface area is 84.0 Å². The SMILES string of the molecule is COc1cccc(CC(N)C(N)N)c1. The molecule has 0 heterocycles. The van der Waals surface area contributed by atoms with Gasteiger partial charge in [0, 0.05) is 6.04 Å². The van der Waals surface area contributed by atoms with E-state index in [1.54, 1.807) is 7.11 Å². The van der Waals surface area contributed by atoms with E-state index >= 15 is 0 Å². The molecule has 0 aromatic heterocycles. The Kier molecular flexibility index (Phi) is 3.88. The summed E-state index contributed by atoms with van der Waals surface area (Å²) in [6.07, 6.45) is 0.177. The van der Waals surface area contributed by atoms with Crippen LogP contribution in [-0.4, -0.2) is 19.3 Å². The van der Waals surface area contributed by atoms with Gasteiger partial charge in [-0.25, -0.2) is 0 Å². The lowest BCUT2D eigenvalue weighted by Gasteiger charge is -2.15. The van der Waals surface area contributed by atoms with Crippen molar-refractivity contribution in [3.05, 3.63) is 29.8 Å². The van der Waals surface area contributed by atoms with E-state index in [1.807, 2.05) is 24.3 Å². The molecule has 6 N–H and O–H groups in total. The highest BCUT2D eigenvalue weighted by Gasteiger charge is 2.09. The first-order chi connectivity index (χ1) is 6.63. The average Bonchev–Trinajstić information content (AvgIpc) is 2.18. The molecule has 1 aromatic carbocycles. The first-order valence-electron chi connectivity index (χ1n) is 4.53. The van der Waals surface area contributed by atoms with Crippen molar-refractivity contribution in [2.24, 2.45) is 17.2 Å². The molecule has 0 aliphatic heterocycles. The molecule has 1 aromatic rings. The summed E-state index contributed by atoms with van der Waals surface area (Å²) in [4.78, 5) is 0. The largest absolute Gasteiger partial charge is 0.497 e. The second-order valence-corrected chi connectivity index (χ2v) is 3.30. The van der Waals surface area contributed by atoms with Gasteiger partial charge in [-0.3, -0.25) is 0 Å². The molecule has 0 bridgehead atoms. The minimum atomic E-state index is -0.485. The Morgan fingerprint density at radius 3 is 2.57 bits per heavy atom. The van der Waals surface area contributed by atoms with Crippen LogP contribution < -0.4 is 21.9 Å². The zero-order valence-electron chi connectivity index (χ0n) is 8.31. The van der Waals surface area contributed by atoms with Crippen LogP contribution in [0.3, 0.4) is 0 Å². The van der Waals surface area contributed by atoms with Crippen LogP contribution in [0.2, 0.25) is 0 Å². The lowest BCUT2D eigenvalue weighted by molar-refractivity contribution is 0.414. The highest BCUT2D eigenvalue weighted by Crippen LogP contribution is 2.13. The van der Waals surface area contributed by atoms with E-state index in [4.69, 9.17) is 21.9 Å². The molecular formula is C10H17N3O. The lowest BCUT2D eigenvalue weighted by atomic mass is 10.0. The Bertz CT molecular complexity index is 288. The van der Waals surface area contributed by atoms with Gasteiger partial charge in [0.15, 0.2) is 0 Å². The molecule has 0 radical (unpaired) electrons. The van der Waals surface area contributed by atoms with E-state index < -0.39 is 6.17 Å². The Balaban J connectivity index is 2.66. The Morgan fingerprint density at radius 2 is 2.00 bits per heavy atom. The Hall–Kier alpha value is -1.10. The number of hydrogen-bond donors (Lipinski definition) is 3. The fraction of sp³-hybridized carbons (Fsp3) is 0.400. The maximum Gasteiger partial charge on any atom is 0.119 e. The molecule has 14 heavy (non-hydrogen) atoms. The normalized spacial score (nSPS) is 12.9. The summed E-state index contributed by atoms with van der Waals surface area (Å²) in [6, 6.07) is 7.50. The predicted molar refractivity (Wildman–Crippen MR) is 56.8 cm³/mol. The number of ether oxygens (including phenoxy) is 1. The van der Waals surface area contributed by atoms with Crippen molar-refractivity contribution >= 4 is 0 Å². The smallest absolute Gasteiger partial charge is 0.119 e. The van der Waals surface area contributed by atoms with Crippen molar-refractivity contribution < 1.29 is 4.74 Å². The molecule has 78 valence electrons. The van der Waals surface area contributed by atoms with Gasteiger partial charge in [-0.1, -0.05) is 12.1 Å². The summed E-state index contributed by atoms with van der Waals surface area (Å²) in [5, 5.41) is 0. The minimum absolute atomic E-state index is 0.220. The third-order valence-electron chi connectivity index (χ3n) is 2.10. The van der Waals surface area contributed by atoms with Gasteiger partial charge < -0.3 is 21.9 Å². The van der Waals surface area contributed by atoms with E-state index in [1.165, 1.54) is 0 Å². The first-order valence-corrected chi connectivity index (χ1v) is 4.53. The first kappa shape index (κ1) is 11.0. The summed E-state index contributed by atoms with van der Waals surface area (Å²) in [5.74, 6) is 0.820. The van der Waals surface area contributed by atoms with Crippen LogP contribution in [0.15, 0.2) is 24.3 Å². The second-order valence-electron chi connectivity index (χ2n) is 3.30. The third kappa shape index (κ3) is 2.99. The standard InChI is InChI=1S/C10H17N3O/c1-14-8-4-2-3-7(5-8)6-9(11)10(12)13/h2-5,9-10H,6,11-13H2,1H3. The molecule has 4 nitrogen and oxygen atoms in total. The number of hydrogen-bond acceptors (Lipinski definition) is 4. The molecule has 0 amide bonds. The van der Waals surface area contributed by atoms with Crippen LogP contribution in [0.1, 0.15) is 5.56 Å². The summed E-state index contributed by atoms with van der Waals surface area (Å²) in [6.45, 7) is 0. The second kappa shape index (κ2) is 4.95. The van der Waals surface area contributed by atoms with Gasteiger partial charge in [0.05, 0.1) is 13.3 Å². The van der Waals surface area contributed by atoms with E-state index in [0.717, 1.165) is 11.3 Å². The predicted octanol–water partition coefficient (Wildman–Crippen LogP) is -0.191. The monoisotopic (exact) mass is 195 g/mol.